The highest BCUT2D eigenvalue weighted by Gasteiger charge is 2.26. The van der Waals surface area contributed by atoms with Crippen LogP contribution in [-0.2, 0) is 5.41 Å². The molecular formula is C56H44O. The number of hydrogen-bond donors (Lipinski definition) is 0. The van der Waals surface area contributed by atoms with Gasteiger partial charge >= 0.3 is 0 Å². The molecule has 1 saturated carbocycles. The summed E-state index contributed by atoms with van der Waals surface area (Å²) in [6.45, 7) is 9.20. The number of furan rings is 1. The molecule has 0 radical (unpaired) electrons. The Morgan fingerprint density at radius 3 is 2.02 bits per heavy atom. The van der Waals surface area contributed by atoms with E-state index in [9.17, 15) is 0 Å². The van der Waals surface area contributed by atoms with Crippen molar-refractivity contribution in [3.63, 3.8) is 0 Å². The fraction of sp³-hybridized carbons (Fsp3) is 0.143. The smallest absolute Gasteiger partial charge is 0.136 e. The largest absolute Gasteiger partial charge is 0.456 e. The van der Waals surface area contributed by atoms with Crippen molar-refractivity contribution in [1.82, 2.24) is 0 Å². The Balaban J connectivity index is 1.28. The number of hydrogen-bond acceptors (Lipinski definition) is 1. The molecule has 9 aromatic carbocycles. The first-order valence-corrected chi connectivity index (χ1v) is 20.4. The molecule has 10 aromatic rings. The van der Waals surface area contributed by atoms with Crippen LogP contribution in [0.25, 0.3) is 99.3 Å². The highest BCUT2D eigenvalue weighted by molar-refractivity contribution is 6.31. The van der Waals surface area contributed by atoms with Crippen molar-refractivity contribution in [2.75, 3.05) is 0 Å². The van der Waals surface area contributed by atoms with Gasteiger partial charge in [0.1, 0.15) is 11.3 Å². The molecule has 0 saturated heterocycles. The molecule has 0 aliphatic heterocycles. The Morgan fingerprint density at radius 1 is 0.544 bits per heavy atom. The standard InChI is InChI=1S/C56H44O/c1-34(29-37-14-6-8-19-41(37)36-23-24-36)48-32-50(43-21-12-16-35-13-5-9-20-42(35)43)46-27-28-47-51(53-31-39-15-7-10-22-52(39)57-53)33-49(45-26-25-44(48)54(46)55(45)47)38-17-11-18-40(30-38)56(2,3)4/h5-22,25-33,36H,23-24H2,1-4H3/b34-29+. The van der Waals surface area contributed by atoms with Crippen LogP contribution in [0.4, 0.5) is 0 Å². The minimum atomic E-state index is 0.0195. The van der Waals surface area contributed by atoms with Crippen molar-refractivity contribution in [2.45, 2.75) is 51.9 Å². The second-order valence-corrected chi connectivity index (χ2v) is 17.3. The minimum absolute atomic E-state index is 0.0195. The summed E-state index contributed by atoms with van der Waals surface area (Å²) < 4.78 is 6.71. The van der Waals surface area contributed by atoms with Gasteiger partial charge in [-0.1, -0.05) is 160 Å². The SMILES string of the molecule is C/C(=C\c1ccccc1C1CC1)c1cc(-c2cccc3ccccc23)c2ccc3c(-c4cc5ccccc5o4)cc(-c4cccc(C(C)(C)C)c4)c4ccc1c2c43. The summed E-state index contributed by atoms with van der Waals surface area (Å²) >= 11 is 0. The molecule has 0 N–H and O–H groups in total. The van der Waals surface area contributed by atoms with Gasteiger partial charge in [-0.2, -0.15) is 0 Å². The van der Waals surface area contributed by atoms with Gasteiger partial charge in [0.2, 0.25) is 0 Å². The van der Waals surface area contributed by atoms with Crippen molar-refractivity contribution in [2.24, 2.45) is 0 Å². The zero-order valence-corrected chi connectivity index (χ0v) is 33.0. The van der Waals surface area contributed by atoms with Crippen LogP contribution in [0.3, 0.4) is 0 Å². The van der Waals surface area contributed by atoms with Gasteiger partial charge in [0, 0.05) is 10.9 Å². The Morgan fingerprint density at radius 2 is 1.21 bits per heavy atom. The minimum Gasteiger partial charge on any atom is -0.456 e. The third-order valence-electron chi connectivity index (χ3n) is 12.5. The van der Waals surface area contributed by atoms with Gasteiger partial charge in [0.25, 0.3) is 0 Å². The molecule has 1 fully saturated rings. The first-order valence-electron chi connectivity index (χ1n) is 20.4. The van der Waals surface area contributed by atoms with E-state index < -0.39 is 0 Å². The van der Waals surface area contributed by atoms with Gasteiger partial charge < -0.3 is 4.42 Å². The van der Waals surface area contributed by atoms with Crippen LogP contribution in [-0.4, -0.2) is 0 Å². The first kappa shape index (κ1) is 33.9. The summed E-state index contributed by atoms with van der Waals surface area (Å²) in [6.07, 6.45) is 5.00. The van der Waals surface area contributed by atoms with Crippen LogP contribution in [0, 0.1) is 0 Å². The number of benzene rings is 9. The Hall–Kier alpha value is -6.44. The number of rotatable bonds is 6. The predicted molar refractivity (Wildman–Crippen MR) is 244 cm³/mol. The molecule has 1 heterocycles. The molecule has 0 spiro atoms. The first-order chi connectivity index (χ1) is 27.8. The molecule has 57 heavy (non-hydrogen) atoms. The second kappa shape index (κ2) is 12.8. The normalized spacial score (nSPS) is 13.9. The number of para-hydroxylation sites is 1. The van der Waals surface area contributed by atoms with Crippen molar-refractivity contribution < 1.29 is 4.42 Å². The lowest BCUT2D eigenvalue weighted by molar-refractivity contribution is 0.590. The lowest BCUT2D eigenvalue weighted by Gasteiger charge is -2.23. The van der Waals surface area contributed by atoms with E-state index >= 15 is 0 Å². The molecule has 1 aromatic heterocycles. The molecule has 274 valence electrons. The van der Waals surface area contributed by atoms with E-state index in [2.05, 4.69) is 191 Å². The van der Waals surface area contributed by atoms with E-state index in [0.29, 0.717) is 5.92 Å². The molecule has 11 rings (SSSR count). The van der Waals surface area contributed by atoms with Gasteiger partial charge in [-0.05, 0) is 149 Å². The molecule has 1 aliphatic carbocycles. The summed E-state index contributed by atoms with van der Waals surface area (Å²) in [7, 11) is 0. The zero-order chi connectivity index (χ0) is 38.4. The molecule has 1 heteroatoms. The Bertz CT molecular complexity index is 3190. The van der Waals surface area contributed by atoms with Crippen LogP contribution in [0.15, 0.2) is 162 Å². The average molecular weight is 733 g/mol. The monoisotopic (exact) mass is 732 g/mol. The quantitative estimate of drug-likeness (QED) is 0.123. The molecule has 0 amide bonds. The topological polar surface area (TPSA) is 13.1 Å². The predicted octanol–water partition coefficient (Wildman–Crippen LogP) is 16.2. The highest BCUT2D eigenvalue weighted by atomic mass is 16.3. The number of fused-ring (bicyclic) bond motifs is 2. The average Bonchev–Trinajstić information content (AvgIpc) is 3.99. The van der Waals surface area contributed by atoms with Gasteiger partial charge in [-0.25, -0.2) is 0 Å². The second-order valence-electron chi connectivity index (χ2n) is 17.3. The number of allylic oxidation sites excluding steroid dienone is 1. The van der Waals surface area contributed by atoms with Crippen molar-refractivity contribution >= 4 is 65.7 Å². The molecule has 0 bridgehead atoms. The van der Waals surface area contributed by atoms with E-state index in [-0.39, 0.29) is 5.41 Å². The lowest BCUT2D eigenvalue weighted by Crippen LogP contribution is -2.10. The van der Waals surface area contributed by atoms with Crippen molar-refractivity contribution in [3.8, 4) is 33.6 Å². The Labute approximate surface area is 334 Å². The Kier molecular flexibility index (Phi) is 7.60. The van der Waals surface area contributed by atoms with Crippen LogP contribution in [0.2, 0.25) is 0 Å². The lowest BCUT2D eigenvalue weighted by atomic mass is 9.81. The van der Waals surface area contributed by atoms with Gasteiger partial charge in [-0.3, -0.25) is 0 Å². The maximum absolute atomic E-state index is 6.71. The molecule has 0 atom stereocenters. The summed E-state index contributed by atoms with van der Waals surface area (Å²) in [5.74, 6) is 1.56. The zero-order valence-electron chi connectivity index (χ0n) is 33.0. The molecule has 1 nitrogen and oxygen atoms in total. The third-order valence-corrected chi connectivity index (χ3v) is 12.5. The van der Waals surface area contributed by atoms with Crippen LogP contribution in [0.5, 0.6) is 0 Å². The fourth-order valence-corrected chi connectivity index (χ4v) is 9.43. The maximum atomic E-state index is 6.71. The van der Waals surface area contributed by atoms with Crippen LogP contribution in [0.1, 0.15) is 68.7 Å². The fourth-order valence-electron chi connectivity index (χ4n) is 9.43. The molecular weight excluding hydrogens is 689 g/mol. The summed E-state index contributed by atoms with van der Waals surface area (Å²) in [5.41, 5.74) is 13.7. The van der Waals surface area contributed by atoms with E-state index in [4.69, 9.17) is 4.42 Å². The molecule has 0 unspecified atom stereocenters. The summed E-state index contributed by atoms with van der Waals surface area (Å²) in [4.78, 5) is 0. The maximum Gasteiger partial charge on any atom is 0.136 e. The summed E-state index contributed by atoms with van der Waals surface area (Å²) in [6, 6.07) is 58.7. The van der Waals surface area contributed by atoms with E-state index in [1.165, 1.54) is 106 Å². The van der Waals surface area contributed by atoms with E-state index in [1.807, 2.05) is 0 Å². The van der Waals surface area contributed by atoms with Crippen molar-refractivity contribution in [1.29, 1.82) is 0 Å². The molecule has 1 aliphatic rings. The van der Waals surface area contributed by atoms with Gasteiger partial charge in [0.05, 0.1) is 0 Å². The van der Waals surface area contributed by atoms with Gasteiger partial charge in [-0.15, -0.1) is 0 Å². The van der Waals surface area contributed by atoms with E-state index in [0.717, 1.165) is 22.3 Å². The summed E-state index contributed by atoms with van der Waals surface area (Å²) in [5, 5.41) is 11.2. The van der Waals surface area contributed by atoms with Crippen LogP contribution < -0.4 is 0 Å². The van der Waals surface area contributed by atoms with Gasteiger partial charge in [0.15, 0.2) is 0 Å². The van der Waals surface area contributed by atoms with Crippen molar-refractivity contribution in [3.05, 3.63) is 180 Å². The highest BCUT2D eigenvalue weighted by Crippen LogP contribution is 2.50. The van der Waals surface area contributed by atoms with E-state index in [1.54, 1.807) is 0 Å². The third kappa shape index (κ3) is 5.59. The van der Waals surface area contributed by atoms with Crippen LogP contribution >= 0.6 is 0 Å².